The third-order valence-electron chi connectivity index (χ3n) is 9.12. The molecule has 0 radical (unpaired) electrons. The van der Waals surface area contributed by atoms with Gasteiger partial charge >= 0.3 is 5.97 Å². The number of carbonyl (C=O) groups excluding carboxylic acids is 3. The van der Waals surface area contributed by atoms with Gasteiger partial charge in [0.15, 0.2) is 11.2 Å². The number of carbonyl (C=O) groups is 3. The number of imidazole rings is 1. The maximum absolute atomic E-state index is 12.8. The van der Waals surface area contributed by atoms with Crippen LogP contribution in [0.5, 0.6) is 5.88 Å². The fourth-order valence-corrected chi connectivity index (χ4v) is 6.61. The number of aromatic nitrogens is 4. The molecule has 1 aliphatic heterocycles. The van der Waals surface area contributed by atoms with Gasteiger partial charge in [0, 0.05) is 25.4 Å². The highest BCUT2D eigenvalue weighted by Gasteiger charge is 2.47. The predicted octanol–water partition coefficient (Wildman–Crippen LogP) is 4.71. The molecule has 5 aromatic rings. The number of fused-ring (bicyclic) bond motifs is 1. The van der Waals surface area contributed by atoms with Crippen LogP contribution in [0.2, 0.25) is 0 Å². The molecule has 2 atom stereocenters. The Bertz CT molecular complexity index is 2010. The maximum Gasteiger partial charge on any atom is 0.306 e. The first-order chi connectivity index (χ1) is 26.2. The molecular weight excluding hydrogens is 688 g/mol. The summed E-state index contributed by atoms with van der Waals surface area (Å²) in [6.45, 7) is 4.09. The number of primary amides is 1. The molecule has 278 valence electrons. The lowest BCUT2D eigenvalue weighted by molar-refractivity contribution is -0.169. The smallest absolute Gasteiger partial charge is 0.306 e. The van der Waals surface area contributed by atoms with E-state index in [0.29, 0.717) is 24.3 Å². The van der Waals surface area contributed by atoms with Gasteiger partial charge in [0.2, 0.25) is 23.6 Å². The van der Waals surface area contributed by atoms with Crippen LogP contribution in [0.1, 0.15) is 56.0 Å². The van der Waals surface area contributed by atoms with Gasteiger partial charge < -0.3 is 19.9 Å². The molecule has 0 saturated carbocycles. The molecular formula is C40H42N8O6. The zero-order valence-corrected chi connectivity index (χ0v) is 30.1. The zero-order valence-electron chi connectivity index (χ0n) is 30.1. The molecule has 2 aromatic heterocycles. The van der Waals surface area contributed by atoms with Crippen LogP contribution in [0.25, 0.3) is 11.2 Å². The molecule has 1 fully saturated rings. The third-order valence-corrected chi connectivity index (χ3v) is 9.12. The Hall–Kier alpha value is -6.17. The Morgan fingerprint density at radius 3 is 2.11 bits per heavy atom. The van der Waals surface area contributed by atoms with Crippen LogP contribution in [-0.4, -0.2) is 74.6 Å². The molecule has 0 aliphatic carbocycles. The molecule has 54 heavy (non-hydrogen) atoms. The first-order valence-electron chi connectivity index (χ1n) is 17.8. The molecule has 0 spiro atoms. The molecule has 14 heteroatoms. The van der Waals surface area contributed by atoms with Crippen molar-refractivity contribution in [2.45, 2.75) is 51.0 Å². The average Bonchev–Trinajstić information content (AvgIpc) is 3.62. The maximum atomic E-state index is 12.8. The van der Waals surface area contributed by atoms with Crippen molar-refractivity contribution in [1.82, 2.24) is 24.4 Å². The SMILES string of the molecule is CC(C)C(=O)Nc1nc(OCCC#N)c2ncn([C@H]3CN(C(c4ccccc4)(c4ccccc4)c4ccccc4)C[C@@H](COC(=O)CCC(N)=O)O3)c2n1. The predicted molar refractivity (Wildman–Crippen MR) is 199 cm³/mol. The summed E-state index contributed by atoms with van der Waals surface area (Å²) in [6, 6.07) is 32.6. The molecule has 2 amide bonds. The monoisotopic (exact) mass is 730 g/mol. The van der Waals surface area contributed by atoms with Crippen LogP contribution in [0.3, 0.4) is 0 Å². The summed E-state index contributed by atoms with van der Waals surface area (Å²) in [4.78, 5) is 52.9. The van der Waals surface area contributed by atoms with Gasteiger partial charge in [-0.1, -0.05) is 105 Å². The summed E-state index contributed by atoms with van der Waals surface area (Å²) >= 11 is 0. The number of ether oxygens (including phenoxy) is 3. The van der Waals surface area contributed by atoms with E-state index in [0.717, 1.165) is 16.7 Å². The zero-order chi connectivity index (χ0) is 38.1. The number of amides is 2. The minimum absolute atomic E-state index is 0.00899. The van der Waals surface area contributed by atoms with Crippen molar-refractivity contribution < 1.29 is 28.6 Å². The Morgan fingerprint density at radius 2 is 1.56 bits per heavy atom. The topological polar surface area (TPSA) is 188 Å². The van der Waals surface area contributed by atoms with Gasteiger partial charge in [0.1, 0.15) is 25.5 Å². The lowest BCUT2D eigenvalue weighted by atomic mass is 9.75. The number of nitriles is 1. The second kappa shape index (κ2) is 17.1. The van der Waals surface area contributed by atoms with Crippen LogP contribution in [0.4, 0.5) is 5.95 Å². The Labute approximate surface area is 312 Å². The summed E-state index contributed by atoms with van der Waals surface area (Å²) in [5.41, 5.74) is 8.08. The van der Waals surface area contributed by atoms with Crippen molar-refractivity contribution in [3.8, 4) is 11.9 Å². The van der Waals surface area contributed by atoms with E-state index in [-0.39, 0.29) is 56.1 Å². The molecule has 1 aliphatic rings. The first-order valence-corrected chi connectivity index (χ1v) is 17.8. The lowest BCUT2D eigenvalue weighted by Gasteiger charge is -2.50. The van der Waals surface area contributed by atoms with Crippen molar-refractivity contribution in [3.63, 3.8) is 0 Å². The molecule has 0 bridgehead atoms. The van der Waals surface area contributed by atoms with Crippen molar-refractivity contribution in [2.75, 3.05) is 31.6 Å². The van der Waals surface area contributed by atoms with E-state index in [1.165, 1.54) is 0 Å². The number of hydrogen-bond acceptors (Lipinski definition) is 11. The number of nitrogens with zero attached hydrogens (tertiary/aromatic N) is 6. The molecule has 3 aromatic carbocycles. The van der Waals surface area contributed by atoms with Crippen molar-refractivity contribution >= 4 is 34.9 Å². The fourth-order valence-electron chi connectivity index (χ4n) is 6.61. The average molecular weight is 731 g/mol. The van der Waals surface area contributed by atoms with E-state index in [1.54, 1.807) is 24.7 Å². The van der Waals surface area contributed by atoms with Gasteiger partial charge in [0.05, 0.1) is 30.8 Å². The van der Waals surface area contributed by atoms with Crippen LogP contribution >= 0.6 is 0 Å². The number of rotatable bonds is 15. The molecule has 1 saturated heterocycles. The quantitative estimate of drug-likeness (QED) is 0.0863. The van der Waals surface area contributed by atoms with E-state index in [2.05, 4.69) is 62.7 Å². The summed E-state index contributed by atoms with van der Waals surface area (Å²) in [7, 11) is 0. The van der Waals surface area contributed by atoms with Gasteiger partial charge in [-0.3, -0.25) is 29.2 Å². The second-order valence-corrected chi connectivity index (χ2v) is 13.2. The Kier molecular flexibility index (Phi) is 11.9. The van der Waals surface area contributed by atoms with E-state index in [9.17, 15) is 14.4 Å². The second-order valence-electron chi connectivity index (χ2n) is 13.2. The van der Waals surface area contributed by atoms with Crippen molar-refractivity contribution in [2.24, 2.45) is 11.7 Å². The van der Waals surface area contributed by atoms with E-state index >= 15 is 0 Å². The number of hydrogen-bond donors (Lipinski definition) is 2. The minimum Gasteiger partial charge on any atom is -0.475 e. The van der Waals surface area contributed by atoms with Gasteiger partial charge in [-0.05, 0) is 16.7 Å². The number of morpholine rings is 1. The minimum atomic E-state index is -0.854. The van der Waals surface area contributed by atoms with E-state index in [4.69, 9.17) is 30.2 Å². The summed E-state index contributed by atoms with van der Waals surface area (Å²) in [5.74, 6) is -1.69. The largest absolute Gasteiger partial charge is 0.475 e. The van der Waals surface area contributed by atoms with Gasteiger partial charge in [-0.2, -0.15) is 15.2 Å². The van der Waals surface area contributed by atoms with Gasteiger partial charge in [-0.25, -0.2) is 4.98 Å². The highest BCUT2D eigenvalue weighted by molar-refractivity contribution is 5.91. The Morgan fingerprint density at radius 1 is 0.944 bits per heavy atom. The number of benzene rings is 3. The fraction of sp³-hybridized carbons (Fsp3) is 0.325. The van der Waals surface area contributed by atoms with Crippen LogP contribution in [-0.2, 0) is 29.4 Å². The summed E-state index contributed by atoms with van der Waals surface area (Å²) in [6.07, 6.45) is -0.0236. The lowest BCUT2D eigenvalue weighted by Crippen LogP contribution is -2.57. The van der Waals surface area contributed by atoms with E-state index < -0.39 is 29.7 Å². The number of nitrogens with one attached hydrogen (secondary N) is 1. The number of esters is 1. The van der Waals surface area contributed by atoms with E-state index in [1.807, 2.05) is 54.6 Å². The van der Waals surface area contributed by atoms with Crippen molar-refractivity contribution in [1.29, 1.82) is 5.26 Å². The molecule has 3 heterocycles. The highest BCUT2D eigenvalue weighted by Crippen LogP contribution is 2.45. The number of anilines is 1. The van der Waals surface area contributed by atoms with Crippen LogP contribution in [0, 0.1) is 17.2 Å². The number of nitrogens with two attached hydrogens (primary N) is 1. The molecule has 0 unspecified atom stereocenters. The van der Waals surface area contributed by atoms with Crippen LogP contribution < -0.4 is 15.8 Å². The van der Waals surface area contributed by atoms with Crippen molar-refractivity contribution in [3.05, 3.63) is 114 Å². The normalized spacial score (nSPS) is 16.1. The van der Waals surface area contributed by atoms with Gasteiger partial charge in [-0.15, -0.1) is 0 Å². The third kappa shape index (κ3) is 8.22. The standard InChI is InChI=1S/C40H42N8O6/c1-27(2)37(51)45-39-44-36-35(38(46-39)52-22-12-21-41)43-26-48(36)33-24-47(23-31(54-33)25-53-34(50)20-19-32(42)49)40(28-13-6-3-7-14-28,29-15-8-4-9-16-29)30-17-10-5-11-18-30/h3-11,13-18,26-27,31,33H,12,19-20,22-25H2,1-2H3,(H2,42,49)(H,44,45,46,51)/t31-,33+/m0/s1. The molecule has 14 nitrogen and oxygen atoms in total. The van der Waals surface area contributed by atoms with Crippen LogP contribution in [0.15, 0.2) is 97.3 Å². The molecule has 6 rings (SSSR count). The summed E-state index contributed by atoms with van der Waals surface area (Å²) in [5, 5.41) is 11.9. The molecule has 3 N–H and O–H groups in total. The Balaban J connectivity index is 1.49. The first kappa shape index (κ1) is 37.6. The highest BCUT2D eigenvalue weighted by atomic mass is 16.6. The van der Waals surface area contributed by atoms with Gasteiger partial charge in [0.25, 0.3) is 0 Å². The summed E-state index contributed by atoms with van der Waals surface area (Å²) < 4.78 is 20.0.